The van der Waals surface area contributed by atoms with Gasteiger partial charge in [-0.15, -0.1) is 0 Å². The van der Waals surface area contributed by atoms with Crippen molar-refractivity contribution in [2.75, 3.05) is 32.5 Å². The third-order valence-corrected chi connectivity index (χ3v) is 4.69. The Morgan fingerprint density at radius 1 is 1.43 bits per heavy atom. The van der Waals surface area contributed by atoms with Gasteiger partial charge in [-0.25, -0.2) is 13.1 Å². The van der Waals surface area contributed by atoms with Gasteiger partial charge in [0.05, 0.1) is 18.0 Å². The number of hydrogen-bond donors (Lipinski definition) is 3. The second-order valence-electron chi connectivity index (χ2n) is 4.29. The van der Waals surface area contributed by atoms with Gasteiger partial charge in [-0.05, 0) is 24.6 Å². The van der Waals surface area contributed by atoms with Crippen LogP contribution in [0.25, 0.3) is 0 Å². The van der Waals surface area contributed by atoms with E-state index < -0.39 is 15.9 Å². The van der Waals surface area contributed by atoms with Crippen molar-refractivity contribution >= 4 is 37.5 Å². The lowest BCUT2D eigenvalue weighted by Crippen LogP contribution is -2.38. The van der Waals surface area contributed by atoms with Crippen LogP contribution in [0.15, 0.2) is 21.5 Å². The SMILES string of the molecule is COCCNC(=O)CNS(=O)(=O)c1cc(Br)cc(N)c1C. The third kappa shape index (κ3) is 5.27. The summed E-state index contributed by atoms with van der Waals surface area (Å²) in [5, 5.41) is 2.52. The molecule has 118 valence electrons. The number of halogens is 1. The van der Waals surface area contributed by atoms with E-state index >= 15 is 0 Å². The molecule has 0 spiro atoms. The maximum atomic E-state index is 12.2. The summed E-state index contributed by atoms with van der Waals surface area (Å²) in [7, 11) is -2.30. The lowest BCUT2D eigenvalue weighted by molar-refractivity contribution is -0.120. The molecule has 1 amide bonds. The Morgan fingerprint density at radius 3 is 2.71 bits per heavy atom. The minimum absolute atomic E-state index is 0.0408. The summed E-state index contributed by atoms with van der Waals surface area (Å²) in [6.45, 7) is 1.94. The number of rotatable bonds is 7. The van der Waals surface area contributed by atoms with Crippen LogP contribution in [0.5, 0.6) is 0 Å². The molecule has 1 aromatic carbocycles. The lowest BCUT2D eigenvalue weighted by Gasteiger charge is -2.12. The van der Waals surface area contributed by atoms with E-state index in [-0.39, 0.29) is 11.4 Å². The standard InChI is InChI=1S/C12H18BrN3O4S/c1-8-10(14)5-9(13)6-11(8)21(18,19)16-7-12(17)15-3-4-20-2/h5-6,16H,3-4,7,14H2,1-2H3,(H,15,17). The van der Waals surface area contributed by atoms with E-state index in [9.17, 15) is 13.2 Å². The Morgan fingerprint density at radius 2 is 2.10 bits per heavy atom. The molecule has 0 saturated heterocycles. The molecule has 1 aromatic rings. The van der Waals surface area contributed by atoms with Crippen LogP contribution in [-0.4, -0.2) is 41.1 Å². The molecule has 0 fully saturated rings. The summed E-state index contributed by atoms with van der Waals surface area (Å²) in [6, 6.07) is 3.06. The number of nitrogens with two attached hydrogens (primary N) is 1. The molecule has 7 nitrogen and oxygen atoms in total. The molecule has 0 aliphatic heterocycles. The molecule has 0 aromatic heterocycles. The number of amides is 1. The Balaban J connectivity index is 2.77. The fraction of sp³-hybridized carbons (Fsp3) is 0.417. The van der Waals surface area contributed by atoms with Gasteiger partial charge in [0.25, 0.3) is 0 Å². The molecule has 4 N–H and O–H groups in total. The highest BCUT2D eigenvalue weighted by atomic mass is 79.9. The van der Waals surface area contributed by atoms with Crippen molar-refractivity contribution in [3.05, 3.63) is 22.2 Å². The first kappa shape index (κ1) is 17.9. The van der Waals surface area contributed by atoms with E-state index in [4.69, 9.17) is 10.5 Å². The number of hydrogen-bond acceptors (Lipinski definition) is 5. The minimum atomic E-state index is -3.81. The van der Waals surface area contributed by atoms with Gasteiger partial charge < -0.3 is 15.8 Å². The van der Waals surface area contributed by atoms with Gasteiger partial charge in [-0.1, -0.05) is 15.9 Å². The van der Waals surface area contributed by atoms with Crippen LogP contribution >= 0.6 is 15.9 Å². The molecule has 0 aliphatic rings. The molecule has 0 saturated carbocycles. The largest absolute Gasteiger partial charge is 0.398 e. The number of ether oxygens (including phenoxy) is 1. The van der Waals surface area contributed by atoms with Crippen LogP contribution in [0.4, 0.5) is 5.69 Å². The summed E-state index contributed by atoms with van der Waals surface area (Å²) in [5.74, 6) is -0.434. The number of sulfonamides is 1. The lowest BCUT2D eigenvalue weighted by atomic mass is 10.2. The van der Waals surface area contributed by atoms with Crippen molar-refractivity contribution in [1.29, 1.82) is 0 Å². The Hall–Kier alpha value is -1.16. The molecular formula is C12H18BrN3O4S. The van der Waals surface area contributed by atoms with Gasteiger partial charge in [-0.2, -0.15) is 0 Å². The normalized spacial score (nSPS) is 11.4. The van der Waals surface area contributed by atoms with Gasteiger partial charge in [0.1, 0.15) is 0 Å². The zero-order valence-corrected chi connectivity index (χ0v) is 14.2. The van der Waals surface area contributed by atoms with Gasteiger partial charge >= 0.3 is 0 Å². The quantitative estimate of drug-likeness (QED) is 0.468. The Labute approximate surface area is 132 Å². The summed E-state index contributed by atoms with van der Waals surface area (Å²) in [4.78, 5) is 11.5. The van der Waals surface area contributed by atoms with E-state index in [1.54, 1.807) is 13.0 Å². The molecule has 0 bridgehead atoms. The van der Waals surface area contributed by atoms with Crippen LogP contribution in [-0.2, 0) is 19.6 Å². The molecular weight excluding hydrogens is 362 g/mol. The molecule has 0 heterocycles. The zero-order valence-electron chi connectivity index (χ0n) is 11.8. The average molecular weight is 380 g/mol. The highest BCUT2D eigenvalue weighted by Gasteiger charge is 2.19. The highest BCUT2D eigenvalue weighted by Crippen LogP contribution is 2.25. The molecule has 21 heavy (non-hydrogen) atoms. The topological polar surface area (TPSA) is 111 Å². The summed E-state index contributed by atoms with van der Waals surface area (Å²) in [6.07, 6.45) is 0. The highest BCUT2D eigenvalue weighted by molar-refractivity contribution is 9.10. The van der Waals surface area contributed by atoms with Gasteiger partial charge in [-0.3, -0.25) is 4.79 Å². The van der Waals surface area contributed by atoms with Crippen molar-refractivity contribution in [1.82, 2.24) is 10.0 Å². The van der Waals surface area contributed by atoms with Crippen molar-refractivity contribution in [2.24, 2.45) is 0 Å². The van der Waals surface area contributed by atoms with Gasteiger partial charge in [0.15, 0.2) is 0 Å². The fourth-order valence-corrected chi connectivity index (χ4v) is 3.45. The molecule has 0 atom stereocenters. The Bertz CT molecular complexity index is 619. The predicted molar refractivity (Wildman–Crippen MR) is 83.4 cm³/mol. The third-order valence-electron chi connectivity index (χ3n) is 2.71. The molecule has 9 heteroatoms. The van der Waals surface area contributed by atoms with Crippen molar-refractivity contribution < 1.29 is 17.9 Å². The number of benzene rings is 1. The van der Waals surface area contributed by atoms with E-state index in [2.05, 4.69) is 26.0 Å². The van der Waals surface area contributed by atoms with Crippen molar-refractivity contribution in [3.63, 3.8) is 0 Å². The minimum Gasteiger partial charge on any atom is -0.398 e. The van der Waals surface area contributed by atoms with Gasteiger partial charge in [0.2, 0.25) is 15.9 Å². The number of anilines is 1. The van der Waals surface area contributed by atoms with Crippen LogP contribution in [0.1, 0.15) is 5.56 Å². The van der Waals surface area contributed by atoms with Crippen molar-refractivity contribution in [2.45, 2.75) is 11.8 Å². The summed E-state index contributed by atoms with van der Waals surface area (Å²) >= 11 is 3.20. The summed E-state index contributed by atoms with van der Waals surface area (Å²) < 4.78 is 32.0. The monoisotopic (exact) mass is 379 g/mol. The van der Waals surface area contributed by atoms with Crippen LogP contribution < -0.4 is 15.8 Å². The zero-order chi connectivity index (χ0) is 16.0. The number of methoxy groups -OCH3 is 1. The smallest absolute Gasteiger partial charge is 0.241 e. The average Bonchev–Trinajstić information content (AvgIpc) is 2.41. The predicted octanol–water partition coefficient (Wildman–Crippen LogP) is 0.381. The van der Waals surface area contributed by atoms with E-state index in [0.29, 0.717) is 28.9 Å². The molecule has 1 rings (SSSR count). The van der Waals surface area contributed by atoms with Crippen molar-refractivity contribution in [3.8, 4) is 0 Å². The van der Waals surface area contributed by atoms with Crippen LogP contribution in [0.2, 0.25) is 0 Å². The maximum Gasteiger partial charge on any atom is 0.241 e. The number of carbonyl (C=O) groups is 1. The second-order valence-corrected chi connectivity index (χ2v) is 6.94. The molecule has 0 unspecified atom stereocenters. The number of nitrogens with one attached hydrogen (secondary N) is 2. The summed E-state index contributed by atoms with van der Waals surface area (Å²) in [5.41, 5.74) is 6.53. The number of carbonyl (C=O) groups excluding carboxylic acids is 1. The molecule has 0 radical (unpaired) electrons. The first-order valence-corrected chi connectivity index (χ1v) is 8.36. The fourth-order valence-electron chi connectivity index (χ4n) is 1.55. The second kappa shape index (κ2) is 7.74. The van der Waals surface area contributed by atoms with Crippen LogP contribution in [0, 0.1) is 6.92 Å². The van der Waals surface area contributed by atoms with E-state index in [1.807, 2.05) is 0 Å². The molecule has 0 aliphatic carbocycles. The number of nitrogen functional groups attached to an aromatic ring is 1. The first-order valence-electron chi connectivity index (χ1n) is 6.09. The first-order chi connectivity index (χ1) is 9.77. The maximum absolute atomic E-state index is 12.2. The van der Waals surface area contributed by atoms with Gasteiger partial charge in [0, 0.05) is 23.8 Å². The van der Waals surface area contributed by atoms with Crippen LogP contribution in [0.3, 0.4) is 0 Å². The van der Waals surface area contributed by atoms with E-state index in [0.717, 1.165) is 0 Å². The van der Waals surface area contributed by atoms with E-state index in [1.165, 1.54) is 13.2 Å². The Kier molecular flexibility index (Phi) is 6.59.